The van der Waals surface area contributed by atoms with Crippen molar-refractivity contribution in [2.24, 2.45) is 5.92 Å². The lowest BCUT2D eigenvalue weighted by molar-refractivity contribution is -0.134. The number of thioether (sulfide) groups is 1. The molecule has 0 saturated carbocycles. The van der Waals surface area contributed by atoms with Gasteiger partial charge in [0.05, 0.1) is 12.6 Å². The highest BCUT2D eigenvalue weighted by Gasteiger charge is 2.30. The van der Waals surface area contributed by atoms with Crippen LogP contribution < -0.4 is 0 Å². The molecule has 0 aliphatic carbocycles. The van der Waals surface area contributed by atoms with Gasteiger partial charge in [0.2, 0.25) is 5.91 Å². The number of likely N-dealkylation sites (tertiary alicyclic amines) is 1. The molecule has 5 heteroatoms. The second-order valence-corrected chi connectivity index (χ2v) is 8.30. The Bertz CT molecular complexity index is 360. The number of hydrogen-bond acceptors (Lipinski definition) is 4. The Labute approximate surface area is 138 Å². The average molecular weight is 327 g/mol. The summed E-state index contributed by atoms with van der Waals surface area (Å²) < 4.78 is 5.81. The zero-order valence-electron chi connectivity index (χ0n) is 13.8. The van der Waals surface area contributed by atoms with Gasteiger partial charge in [-0.3, -0.25) is 9.69 Å². The molecule has 3 heterocycles. The topological polar surface area (TPSA) is 32.8 Å². The molecule has 0 spiro atoms. The minimum atomic E-state index is 0.335. The number of amides is 1. The van der Waals surface area contributed by atoms with Crippen LogP contribution in [0.25, 0.3) is 0 Å². The van der Waals surface area contributed by atoms with E-state index >= 15 is 0 Å². The Kier molecular flexibility index (Phi) is 6.05. The first kappa shape index (κ1) is 16.6. The smallest absolute Gasteiger partial charge is 0.236 e. The number of ether oxygens (including phenoxy) is 1. The molecule has 3 saturated heterocycles. The van der Waals surface area contributed by atoms with E-state index in [-0.39, 0.29) is 0 Å². The van der Waals surface area contributed by atoms with Crippen molar-refractivity contribution in [3.63, 3.8) is 0 Å². The van der Waals surface area contributed by atoms with Crippen molar-refractivity contribution >= 4 is 17.7 Å². The van der Waals surface area contributed by atoms with Crippen molar-refractivity contribution in [2.75, 3.05) is 44.3 Å². The van der Waals surface area contributed by atoms with Crippen molar-refractivity contribution in [1.29, 1.82) is 0 Å². The van der Waals surface area contributed by atoms with Crippen LogP contribution in [0.3, 0.4) is 0 Å². The molecule has 1 amide bonds. The van der Waals surface area contributed by atoms with Gasteiger partial charge in [-0.2, -0.15) is 11.8 Å². The Balaban J connectivity index is 1.54. The van der Waals surface area contributed by atoms with Crippen LogP contribution in [0.5, 0.6) is 0 Å². The van der Waals surface area contributed by atoms with Gasteiger partial charge in [-0.1, -0.05) is 6.92 Å². The molecule has 3 rings (SSSR count). The van der Waals surface area contributed by atoms with Gasteiger partial charge in [0.1, 0.15) is 0 Å². The number of carbonyl (C=O) groups is 1. The average Bonchev–Trinajstić information content (AvgIpc) is 3.20. The lowest BCUT2D eigenvalue weighted by Gasteiger charge is -2.35. The summed E-state index contributed by atoms with van der Waals surface area (Å²) in [5.74, 6) is 3.53. The Morgan fingerprint density at radius 3 is 2.73 bits per heavy atom. The van der Waals surface area contributed by atoms with E-state index in [0.717, 1.165) is 51.4 Å². The molecule has 0 N–H and O–H groups in total. The Morgan fingerprint density at radius 1 is 1.27 bits per heavy atom. The highest BCUT2D eigenvalue weighted by atomic mass is 32.2. The lowest BCUT2D eigenvalue weighted by Crippen LogP contribution is -2.49. The maximum Gasteiger partial charge on any atom is 0.236 e. The fourth-order valence-electron chi connectivity index (χ4n) is 3.73. The molecule has 3 aliphatic rings. The highest BCUT2D eigenvalue weighted by molar-refractivity contribution is 7.99. The first-order valence-electron chi connectivity index (χ1n) is 8.93. The molecule has 126 valence electrons. The van der Waals surface area contributed by atoms with E-state index in [4.69, 9.17) is 4.74 Å². The van der Waals surface area contributed by atoms with E-state index in [1.165, 1.54) is 24.3 Å². The molecule has 0 aromatic carbocycles. The summed E-state index contributed by atoms with van der Waals surface area (Å²) in [4.78, 5) is 17.2. The molecule has 3 aliphatic heterocycles. The van der Waals surface area contributed by atoms with Crippen LogP contribution in [0.1, 0.15) is 39.0 Å². The molecule has 2 atom stereocenters. The first-order valence-corrected chi connectivity index (χ1v) is 10.1. The van der Waals surface area contributed by atoms with Crippen LogP contribution in [0, 0.1) is 5.92 Å². The van der Waals surface area contributed by atoms with Gasteiger partial charge in [0.15, 0.2) is 0 Å². The van der Waals surface area contributed by atoms with Crippen LogP contribution in [-0.4, -0.2) is 72.1 Å². The number of rotatable bonds is 5. The van der Waals surface area contributed by atoms with Crippen molar-refractivity contribution < 1.29 is 9.53 Å². The number of hydrogen-bond donors (Lipinski definition) is 0. The third-order valence-corrected chi connectivity index (χ3v) is 6.50. The van der Waals surface area contributed by atoms with E-state index in [9.17, 15) is 4.79 Å². The largest absolute Gasteiger partial charge is 0.377 e. The predicted octanol–water partition coefficient (Wildman–Crippen LogP) is 2.23. The predicted molar refractivity (Wildman–Crippen MR) is 91.3 cm³/mol. The zero-order valence-corrected chi connectivity index (χ0v) is 14.7. The van der Waals surface area contributed by atoms with Crippen molar-refractivity contribution in [1.82, 2.24) is 9.80 Å². The number of nitrogens with zero attached hydrogens (tertiary/aromatic N) is 2. The summed E-state index contributed by atoms with van der Waals surface area (Å²) >= 11 is 2.02. The molecule has 4 nitrogen and oxygen atoms in total. The molecule has 3 fully saturated rings. The van der Waals surface area contributed by atoms with Gasteiger partial charge in [0.25, 0.3) is 0 Å². The normalized spacial score (nSPS) is 30.4. The van der Waals surface area contributed by atoms with E-state index in [2.05, 4.69) is 16.7 Å². The van der Waals surface area contributed by atoms with Crippen LogP contribution in [0.2, 0.25) is 0 Å². The molecule has 0 unspecified atom stereocenters. The third kappa shape index (κ3) is 4.39. The summed E-state index contributed by atoms with van der Waals surface area (Å²) in [5, 5.41) is 0. The SMILES string of the molecule is CC1CCN(C(=O)CN(C[C@@H]2CCCO2)[C@@H]2CCSC2)CC1. The van der Waals surface area contributed by atoms with Gasteiger partial charge in [-0.05, 0) is 43.8 Å². The molecule has 0 aromatic rings. The molecule has 0 bridgehead atoms. The molecule has 22 heavy (non-hydrogen) atoms. The van der Waals surface area contributed by atoms with Crippen molar-refractivity contribution in [3.8, 4) is 0 Å². The van der Waals surface area contributed by atoms with Gasteiger partial charge in [0, 0.05) is 38.0 Å². The number of carbonyl (C=O) groups excluding carboxylic acids is 1. The minimum absolute atomic E-state index is 0.335. The third-order valence-electron chi connectivity index (χ3n) is 5.36. The molecule has 0 aromatic heterocycles. The molecular formula is C17H30N2O2S. The van der Waals surface area contributed by atoms with E-state index in [1.807, 2.05) is 11.8 Å². The Morgan fingerprint density at radius 2 is 2.09 bits per heavy atom. The fraction of sp³-hybridized carbons (Fsp3) is 0.941. The summed E-state index contributed by atoms with van der Waals surface area (Å²) in [7, 11) is 0. The molecule has 0 radical (unpaired) electrons. The second kappa shape index (κ2) is 8.02. The van der Waals surface area contributed by atoms with Crippen LogP contribution in [0.4, 0.5) is 0 Å². The summed E-state index contributed by atoms with van der Waals surface area (Å²) in [6.07, 6.45) is 6.23. The quantitative estimate of drug-likeness (QED) is 0.776. The standard InChI is InChI=1S/C17H30N2O2S/c1-14-4-7-18(8-5-14)17(20)12-19(15-6-10-22-13-15)11-16-3-2-9-21-16/h14-16H,2-13H2,1H3/t15-,16+/m1/s1. The monoisotopic (exact) mass is 326 g/mol. The molecular weight excluding hydrogens is 296 g/mol. The van der Waals surface area contributed by atoms with Gasteiger partial charge in [-0.25, -0.2) is 0 Å². The fourth-order valence-corrected chi connectivity index (χ4v) is 4.99. The second-order valence-electron chi connectivity index (χ2n) is 7.15. The highest BCUT2D eigenvalue weighted by Crippen LogP contribution is 2.25. The summed E-state index contributed by atoms with van der Waals surface area (Å²) in [6.45, 7) is 6.64. The Hall–Kier alpha value is -0.260. The van der Waals surface area contributed by atoms with Gasteiger partial charge in [-0.15, -0.1) is 0 Å². The van der Waals surface area contributed by atoms with Crippen LogP contribution in [0.15, 0.2) is 0 Å². The minimum Gasteiger partial charge on any atom is -0.377 e. The van der Waals surface area contributed by atoms with E-state index in [0.29, 0.717) is 24.6 Å². The maximum atomic E-state index is 12.7. The van der Waals surface area contributed by atoms with E-state index < -0.39 is 0 Å². The summed E-state index contributed by atoms with van der Waals surface area (Å²) in [5.41, 5.74) is 0. The van der Waals surface area contributed by atoms with Crippen molar-refractivity contribution in [2.45, 2.75) is 51.2 Å². The first-order chi connectivity index (χ1) is 10.7. The van der Waals surface area contributed by atoms with Crippen molar-refractivity contribution in [3.05, 3.63) is 0 Å². The van der Waals surface area contributed by atoms with Gasteiger partial charge >= 0.3 is 0 Å². The maximum absolute atomic E-state index is 12.7. The lowest BCUT2D eigenvalue weighted by atomic mass is 9.99. The summed E-state index contributed by atoms with van der Waals surface area (Å²) in [6, 6.07) is 0.571. The number of piperidine rings is 1. The van der Waals surface area contributed by atoms with Crippen LogP contribution in [-0.2, 0) is 9.53 Å². The van der Waals surface area contributed by atoms with E-state index in [1.54, 1.807) is 0 Å². The zero-order chi connectivity index (χ0) is 15.4. The van der Waals surface area contributed by atoms with Gasteiger partial charge < -0.3 is 9.64 Å². The van der Waals surface area contributed by atoms with Crippen LogP contribution >= 0.6 is 11.8 Å².